The van der Waals surface area contributed by atoms with Gasteiger partial charge in [0.2, 0.25) is 11.7 Å². The first-order chi connectivity index (χ1) is 9.70. The van der Waals surface area contributed by atoms with Gasteiger partial charge in [0, 0.05) is 18.2 Å². The Hall–Kier alpha value is -1.79. The minimum absolute atomic E-state index is 0.217. The molecule has 0 bridgehead atoms. The molecule has 1 aromatic carbocycles. The minimum Gasteiger partial charge on any atom is -0.338 e. The maximum atomic E-state index is 13.2. The van der Waals surface area contributed by atoms with E-state index in [0.717, 1.165) is 25.9 Å². The molecule has 1 unspecified atom stereocenters. The van der Waals surface area contributed by atoms with E-state index in [4.69, 9.17) is 10.3 Å². The van der Waals surface area contributed by atoms with Gasteiger partial charge in [-0.05, 0) is 31.5 Å². The van der Waals surface area contributed by atoms with Gasteiger partial charge in [-0.1, -0.05) is 17.3 Å². The first-order valence-corrected chi connectivity index (χ1v) is 6.77. The number of likely N-dealkylation sites (tertiary alicyclic amines) is 1. The van der Waals surface area contributed by atoms with Crippen LogP contribution in [0, 0.1) is 5.82 Å². The molecular weight excluding hydrogens is 259 g/mol. The summed E-state index contributed by atoms with van der Waals surface area (Å²) in [5, 5.41) is 3.90. The molecule has 1 saturated heterocycles. The molecule has 106 valence electrons. The largest absolute Gasteiger partial charge is 0.338 e. The van der Waals surface area contributed by atoms with E-state index in [2.05, 4.69) is 15.0 Å². The molecule has 1 aromatic heterocycles. The van der Waals surface area contributed by atoms with E-state index in [1.165, 1.54) is 12.1 Å². The van der Waals surface area contributed by atoms with Crippen LogP contribution in [0.15, 0.2) is 28.8 Å². The molecule has 2 heterocycles. The summed E-state index contributed by atoms with van der Waals surface area (Å²) in [6.07, 6.45) is 2.15. The van der Waals surface area contributed by atoms with Gasteiger partial charge in [0.15, 0.2) is 0 Å². The van der Waals surface area contributed by atoms with E-state index in [1.54, 1.807) is 12.1 Å². The van der Waals surface area contributed by atoms with Crippen molar-refractivity contribution in [3.63, 3.8) is 0 Å². The highest BCUT2D eigenvalue weighted by molar-refractivity contribution is 5.53. The second-order valence-electron chi connectivity index (χ2n) is 5.16. The van der Waals surface area contributed by atoms with Crippen LogP contribution in [0.3, 0.4) is 0 Å². The highest BCUT2D eigenvalue weighted by Gasteiger charge is 2.19. The van der Waals surface area contributed by atoms with Crippen molar-refractivity contribution in [1.82, 2.24) is 15.0 Å². The number of halogens is 1. The first kappa shape index (κ1) is 13.2. The predicted octanol–water partition coefficient (Wildman–Crippen LogP) is 1.80. The number of rotatable bonds is 3. The van der Waals surface area contributed by atoms with Gasteiger partial charge in [-0.3, -0.25) is 4.90 Å². The SMILES string of the molecule is NC1CCCN(Cc2nc(-c3cccc(F)c3)no2)C1. The van der Waals surface area contributed by atoms with E-state index in [0.29, 0.717) is 23.8 Å². The van der Waals surface area contributed by atoms with Crippen molar-refractivity contribution in [2.75, 3.05) is 13.1 Å². The monoisotopic (exact) mass is 276 g/mol. The summed E-state index contributed by atoms with van der Waals surface area (Å²) in [6, 6.07) is 6.39. The van der Waals surface area contributed by atoms with Crippen LogP contribution in [0.5, 0.6) is 0 Å². The third-order valence-corrected chi connectivity index (χ3v) is 3.45. The van der Waals surface area contributed by atoms with Crippen LogP contribution in [0.4, 0.5) is 4.39 Å². The molecule has 2 aromatic rings. The van der Waals surface area contributed by atoms with Crippen molar-refractivity contribution in [2.45, 2.75) is 25.4 Å². The Morgan fingerprint density at radius 2 is 2.35 bits per heavy atom. The van der Waals surface area contributed by atoms with Gasteiger partial charge in [0.05, 0.1) is 6.54 Å². The zero-order valence-electron chi connectivity index (χ0n) is 11.1. The quantitative estimate of drug-likeness (QED) is 0.925. The van der Waals surface area contributed by atoms with E-state index in [-0.39, 0.29) is 11.9 Å². The fraction of sp³-hybridized carbons (Fsp3) is 0.429. The zero-order valence-corrected chi connectivity index (χ0v) is 11.1. The topological polar surface area (TPSA) is 68.2 Å². The van der Waals surface area contributed by atoms with Crippen molar-refractivity contribution < 1.29 is 8.91 Å². The Kier molecular flexibility index (Phi) is 3.75. The summed E-state index contributed by atoms with van der Waals surface area (Å²) in [5.74, 6) is 0.648. The maximum absolute atomic E-state index is 13.2. The van der Waals surface area contributed by atoms with Crippen molar-refractivity contribution >= 4 is 0 Å². The first-order valence-electron chi connectivity index (χ1n) is 6.77. The Morgan fingerprint density at radius 3 is 3.15 bits per heavy atom. The summed E-state index contributed by atoms with van der Waals surface area (Å²) in [5.41, 5.74) is 6.56. The number of aromatic nitrogens is 2. The fourth-order valence-electron chi connectivity index (χ4n) is 2.49. The number of hydrogen-bond acceptors (Lipinski definition) is 5. The number of hydrogen-bond donors (Lipinski definition) is 1. The van der Waals surface area contributed by atoms with Gasteiger partial charge in [-0.2, -0.15) is 4.98 Å². The van der Waals surface area contributed by atoms with Gasteiger partial charge in [0.1, 0.15) is 5.82 Å². The summed E-state index contributed by atoms with van der Waals surface area (Å²) in [4.78, 5) is 6.52. The molecule has 2 N–H and O–H groups in total. The Bertz CT molecular complexity index is 586. The molecule has 20 heavy (non-hydrogen) atoms. The Labute approximate surface area is 116 Å². The van der Waals surface area contributed by atoms with Gasteiger partial charge in [0.25, 0.3) is 0 Å². The molecular formula is C14H17FN4O. The number of nitrogens with zero attached hydrogens (tertiary/aromatic N) is 3. The van der Waals surface area contributed by atoms with E-state index in [1.807, 2.05) is 0 Å². The Balaban J connectivity index is 1.70. The van der Waals surface area contributed by atoms with E-state index in [9.17, 15) is 4.39 Å². The molecule has 5 nitrogen and oxygen atoms in total. The van der Waals surface area contributed by atoms with Crippen LogP contribution < -0.4 is 5.73 Å². The fourth-order valence-corrected chi connectivity index (χ4v) is 2.49. The van der Waals surface area contributed by atoms with Gasteiger partial charge in [-0.15, -0.1) is 0 Å². The second kappa shape index (κ2) is 5.68. The maximum Gasteiger partial charge on any atom is 0.241 e. The summed E-state index contributed by atoms with van der Waals surface area (Å²) in [6.45, 7) is 2.43. The van der Waals surface area contributed by atoms with Crippen molar-refractivity contribution in [3.05, 3.63) is 36.0 Å². The van der Waals surface area contributed by atoms with Gasteiger partial charge < -0.3 is 10.3 Å². The standard InChI is InChI=1S/C14H17FN4O/c15-11-4-1-3-10(7-11)14-17-13(20-18-14)9-19-6-2-5-12(16)8-19/h1,3-4,7,12H,2,5-6,8-9,16H2. The molecule has 0 radical (unpaired) electrons. The molecule has 1 aliphatic rings. The van der Waals surface area contributed by atoms with Crippen molar-refractivity contribution in [3.8, 4) is 11.4 Å². The highest BCUT2D eigenvalue weighted by atomic mass is 19.1. The van der Waals surface area contributed by atoms with E-state index < -0.39 is 0 Å². The number of piperidine rings is 1. The third-order valence-electron chi connectivity index (χ3n) is 3.45. The summed E-state index contributed by atoms with van der Waals surface area (Å²) >= 11 is 0. The molecule has 1 fully saturated rings. The van der Waals surface area contributed by atoms with Crippen LogP contribution in [-0.4, -0.2) is 34.2 Å². The molecule has 0 amide bonds. The lowest BCUT2D eigenvalue weighted by Crippen LogP contribution is -2.42. The summed E-state index contributed by atoms with van der Waals surface area (Å²) in [7, 11) is 0. The van der Waals surface area contributed by atoms with Crippen molar-refractivity contribution in [1.29, 1.82) is 0 Å². The molecule has 0 aliphatic carbocycles. The van der Waals surface area contributed by atoms with E-state index >= 15 is 0 Å². The van der Waals surface area contributed by atoms with Crippen molar-refractivity contribution in [2.24, 2.45) is 5.73 Å². The summed E-state index contributed by atoms with van der Waals surface area (Å²) < 4.78 is 18.4. The average molecular weight is 276 g/mol. The van der Waals surface area contributed by atoms with Crippen LogP contribution in [0.25, 0.3) is 11.4 Å². The Morgan fingerprint density at radius 1 is 1.45 bits per heavy atom. The van der Waals surface area contributed by atoms with Crippen LogP contribution >= 0.6 is 0 Å². The number of benzene rings is 1. The zero-order chi connectivity index (χ0) is 13.9. The van der Waals surface area contributed by atoms with Crippen LogP contribution in [0.2, 0.25) is 0 Å². The smallest absolute Gasteiger partial charge is 0.241 e. The minimum atomic E-state index is -0.309. The van der Waals surface area contributed by atoms with Crippen LogP contribution in [0.1, 0.15) is 18.7 Å². The third kappa shape index (κ3) is 3.02. The molecule has 0 spiro atoms. The van der Waals surface area contributed by atoms with Gasteiger partial charge >= 0.3 is 0 Å². The number of nitrogens with two attached hydrogens (primary N) is 1. The average Bonchev–Trinajstić information content (AvgIpc) is 2.87. The lowest BCUT2D eigenvalue weighted by molar-refractivity contribution is 0.178. The molecule has 1 aliphatic heterocycles. The highest BCUT2D eigenvalue weighted by Crippen LogP contribution is 2.18. The molecule has 0 saturated carbocycles. The molecule has 3 rings (SSSR count). The van der Waals surface area contributed by atoms with Gasteiger partial charge in [-0.25, -0.2) is 4.39 Å². The predicted molar refractivity (Wildman–Crippen MR) is 72.2 cm³/mol. The molecule has 6 heteroatoms. The molecule has 1 atom stereocenters. The lowest BCUT2D eigenvalue weighted by Gasteiger charge is -2.29. The van der Waals surface area contributed by atoms with Crippen LogP contribution in [-0.2, 0) is 6.54 Å². The normalized spacial score (nSPS) is 20.2. The lowest BCUT2D eigenvalue weighted by atomic mass is 10.1. The second-order valence-corrected chi connectivity index (χ2v) is 5.16.